The Hall–Kier alpha value is -2.70. The van der Waals surface area contributed by atoms with Crippen LogP contribution in [0.15, 0.2) is 30.3 Å². The van der Waals surface area contributed by atoms with Gasteiger partial charge in [-0.05, 0) is 31.9 Å². The van der Waals surface area contributed by atoms with Gasteiger partial charge in [-0.1, -0.05) is 0 Å². The van der Waals surface area contributed by atoms with Gasteiger partial charge >= 0.3 is 0 Å². The Balaban J connectivity index is 1.90. The quantitative estimate of drug-likeness (QED) is 0.690. The second-order valence-electron chi connectivity index (χ2n) is 5.12. The number of carbonyl (C=O) groups is 1. The maximum Gasteiger partial charge on any atom is 0.269 e. The number of nitro benzene ring substituents is 1. The molecule has 1 aliphatic carbocycles. The molecule has 1 heterocycles. The molecule has 108 valence electrons. The molecule has 21 heavy (non-hydrogen) atoms. The molecule has 0 saturated heterocycles. The van der Waals surface area contributed by atoms with E-state index >= 15 is 0 Å². The molecule has 1 aromatic carbocycles. The first-order valence-electron chi connectivity index (χ1n) is 6.67. The Labute approximate surface area is 120 Å². The van der Waals surface area contributed by atoms with Crippen molar-refractivity contribution in [3.63, 3.8) is 0 Å². The molecule has 1 saturated carbocycles. The maximum atomic E-state index is 11.9. The summed E-state index contributed by atoms with van der Waals surface area (Å²) in [6.45, 7) is 1.83. The number of aromatic nitrogens is 2. The van der Waals surface area contributed by atoms with Crippen LogP contribution in [0, 0.1) is 23.0 Å². The van der Waals surface area contributed by atoms with Crippen LogP contribution in [-0.4, -0.2) is 20.6 Å². The van der Waals surface area contributed by atoms with Crippen molar-refractivity contribution in [1.29, 1.82) is 0 Å². The van der Waals surface area contributed by atoms with Crippen LogP contribution in [0.25, 0.3) is 5.69 Å². The fourth-order valence-electron chi connectivity index (χ4n) is 2.07. The summed E-state index contributed by atoms with van der Waals surface area (Å²) in [5, 5.41) is 17.9. The van der Waals surface area contributed by atoms with Gasteiger partial charge in [0.1, 0.15) is 5.82 Å². The number of benzene rings is 1. The molecule has 0 radical (unpaired) electrons. The lowest BCUT2D eigenvalue weighted by atomic mass is 10.3. The normalized spacial score (nSPS) is 14.0. The number of hydrogen-bond acceptors (Lipinski definition) is 4. The van der Waals surface area contributed by atoms with E-state index in [2.05, 4.69) is 10.4 Å². The average molecular weight is 286 g/mol. The molecule has 0 spiro atoms. The van der Waals surface area contributed by atoms with E-state index in [4.69, 9.17) is 0 Å². The predicted octanol–water partition coefficient (Wildman–Crippen LogP) is 2.44. The van der Waals surface area contributed by atoms with E-state index in [1.54, 1.807) is 22.9 Å². The molecule has 0 bridgehead atoms. The van der Waals surface area contributed by atoms with Crippen molar-refractivity contribution in [2.24, 2.45) is 5.92 Å². The van der Waals surface area contributed by atoms with E-state index in [-0.39, 0.29) is 17.5 Å². The molecule has 1 aliphatic rings. The number of carbonyl (C=O) groups excluding carboxylic acids is 1. The molecule has 0 unspecified atom stereocenters. The lowest BCUT2D eigenvalue weighted by Crippen LogP contribution is -2.16. The number of nitrogens with one attached hydrogen (secondary N) is 1. The van der Waals surface area contributed by atoms with Crippen LogP contribution in [0.3, 0.4) is 0 Å². The third-order valence-corrected chi connectivity index (χ3v) is 3.34. The predicted molar refractivity (Wildman–Crippen MR) is 76.3 cm³/mol. The molecular weight excluding hydrogens is 272 g/mol. The van der Waals surface area contributed by atoms with Crippen LogP contribution in [0.4, 0.5) is 11.5 Å². The number of anilines is 1. The van der Waals surface area contributed by atoms with Gasteiger partial charge in [0.15, 0.2) is 0 Å². The molecule has 1 fully saturated rings. The number of aryl methyl sites for hydroxylation is 1. The molecule has 1 aromatic heterocycles. The van der Waals surface area contributed by atoms with Crippen molar-refractivity contribution in [3.05, 3.63) is 46.1 Å². The van der Waals surface area contributed by atoms with Gasteiger partial charge in [0.25, 0.3) is 5.69 Å². The fraction of sp³-hybridized carbons (Fsp3) is 0.286. The van der Waals surface area contributed by atoms with E-state index in [9.17, 15) is 14.9 Å². The summed E-state index contributed by atoms with van der Waals surface area (Å²) in [7, 11) is 0. The largest absolute Gasteiger partial charge is 0.310 e. The molecular formula is C14H14N4O3. The third-order valence-electron chi connectivity index (χ3n) is 3.34. The van der Waals surface area contributed by atoms with Crippen molar-refractivity contribution in [2.45, 2.75) is 19.8 Å². The van der Waals surface area contributed by atoms with Crippen LogP contribution in [0.2, 0.25) is 0 Å². The summed E-state index contributed by atoms with van der Waals surface area (Å²) in [5.74, 6) is 0.682. The number of rotatable bonds is 4. The van der Waals surface area contributed by atoms with Crippen molar-refractivity contribution in [1.82, 2.24) is 9.78 Å². The molecule has 7 heteroatoms. The number of nitrogens with zero attached hydrogens (tertiary/aromatic N) is 3. The van der Waals surface area contributed by atoms with Crippen molar-refractivity contribution < 1.29 is 9.72 Å². The summed E-state index contributed by atoms with van der Waals surface area (Å²) in [4.78, 5) is 22.1. The lowest BCUT2D eigenvalue weighted by molar-refractivity contribution is -0.384. The van der Waals surface area contributed by atoms with Gasteiger partial charge in [0, 0.05) is 24.1 Å². The Bertz CT molecular complexity index is 702. The van der Waals surface area contributed by atoms with Gasteiger partial charge in [0.05, 0.1) is 16.3 Å². The summed E-state index contributed by atoms with van der Waals surface area (Å²) in [5.41, 5.74) is 1.45. The van der Waals surface area contributed by atoms with E-state index in [1.165, 1.54) is 12.1 Å². The van der Waals surface area contributed by atoms with Gasteiger partial charge in [-0.15, -0.1) is 0 Å². The zero-order chi connectivity index (χ0) is 15.0. The molecule has 0 atom stereocenters. The van der Waals surface area contributed by atoms with Crippen molar-refractivity contribution >= 4 is 17.4 Å². The average Bonchev–Trinajstić information content (AvgIpc) is 3.24. The first kappa shape index (κ1) is 13.3. The summed E-state index contributed by atoms with van der Waals surface area (Å²) in [6, 6.07) is 7.83. The zero-order valence-electron chi connectivity index (χ0n) is 11.4. The minimum Gasteiger partial charge on any atom is -0.310 e. The topological polar surface area (TPSA) is 90.1 Å². The van der Waals surface area contributed by atoms with Gasteiger partial charge in [-0.3, -0.25) is 14.9 Å². The van der Waals surface area contributed by atoms with Crippen LogP contribution in [0.1, 0.15) is 18.5 Å². The smallest absolute Gasteiger partial charge is 0.269 e. The minimum atomic E-state index is -0.450. The van der Waals surface area contributed by atoms with E-state index < -0.39 is 4.92 Å². The highest BCUT2D eigenvalue weighted by Gasteiger charge is 2.30. The highest BCUT2D eigenvalue weighted by atomic mass is 16.6. The highest BCUT2D eigenvalue weighted by molar-refractivity contribution is 5.93. The Kier molecular flexibility index (Phi) is 3.17. The Morgan fingerprint density at radius 3 is 2.62 bits per heavy atom. The summed E-state index contributed by atoms with van der Waals surface area (Å²) >= 11 is 0. The van der Waals surface area contributed by atoms with Gasteiger partial charge in [-0.2, -0.15) is 5.10 Å². The van der Waals surface area contributed by atoms with Crippen LogP contribution >= 0.6 is 0 Å². The first-order chi connectivity index (χ1) is 10.0. The van der Waals surface area contributed by atoms with Gasteiger partial charge < -0.3 is 5.32 Å². The van der Waals surface area contributed by atoms with Crippen molar-refractivity contribution in [2.75, 3.05) is 5.32 Å². The SMILES string of the molecule is Cc1cc(NC(=O)C2CC2)n(-c2ccc([N+](=O)[O-])cc2)n1. The number of nitro groups is 1. The zero-order valence-corrected chi connectivity index (χ0v) is 11.4. The second kappa shape index (κ2) is 5.01. The molecule has 3 rings (SSSR count). The van der Waals surface area contributed by atoms with E-state index in [0.29, 0.717) is 11.5 Å². The molecule has 1 amide bonds. The van der Waals surface area contributed by atoms with E-state index in [0.717, 1.165) is 18.5 Å². The fourth-order valence-corrected chi connectivity index (χ4v) is 2.07. The monoisotopic (exact) mass is 286 g/mol. The van der Waals surface area contributed by atoms with Crippen molar-refractivity contribution in [3.8, 4) is 5.69 Å². The highest BCUT2D eigenvalue weighted by Crippen LogP contribution is 2.30. The Morgan fingerprint density at radius 1 is 1.38 bits per heavy atom. The third kappa shape index (κ3) is 2.76. The Morgan fingerprint density at radius 2 is 2.05 bits per heavy atom. The van der Waals surface area contributed by atoms with Crippen LogP contribution in [0.5, 0.6) is 0 Å². The molecule has 7 nitrogen and oxygen atoms in total. The maximum absolute atomic E-state index is 11.9. The van der Waals surface area contributed by atoms with Crippen LogP contribution < -0.4 is 5.32 Å². The standard InChI is InChI=1S/C14H14N4O3/c1-9-8-13(15-14(19)10-2-3-10)17(16-9)11-4-6-12(7-5-11)18(20)21/h4-8,10H,2-3H2,1H3,(H,15,19). The first-order valence-corrected chi connectivity index (χ1v) is 6.67. The van der Waals surface area contributed by atoms with Crippen LogP contribution in [-0.2, 0) is 4.79 Å². The number of non-ortho nitro benzene ring substituents is 1. The molecule has 0 aliphatic heterocycles. The van der Waals surface area contributed by atoms with E-state index in [1.807, 2.05) is 6.92 Å². The van der Waals surface area contributed by atoms with Gasteiger partial charge in [0.2, 0.25) is 5.91 Å². The molecule has 2 aromatic rings. The number of hydrogen-bond donors (Lipinski definition) is 1. The van der Waals surface area contributed by atoms with Gasteiger partial charge in [-0.25, -0.2) is 4.68 Å². The second-order valence-corrected chi connectivity index (χ2v) is 5.12. The summed E-state index contributed by atoms with van der Waals surface area (Å²) < 4.78 is 1.58. The number of amides is 1. The minimum absolute atomic E-state index is 0.00179. The molecule has 1 N–H and O–H groups in total. The summed E-state index contributed by atoms with van der Waals surface area (Å²) in [6.07, 6.45) is 1.85. The lowest BCUT2D eigenvalue weighted by Gasteiger charge is -2.08.